The molecule has 0 saturated carbocycles. The number of hydrogen-bond acceptors (Lipinski definition) is 2. The number of carbonyl (C=O) groups excluding carboxylic acids is 1. The van der Waals surface area contributed by atoms with E-state index < -0.39 is 11.4 Å². The monoisotopic (exact) mass is 240 g/mol. The molecule has 1 atom stereocenters. The Balaban J connectivity index is 2.57. The van der Waals surface area contributed by atoms with Gasteiger partial charge in [0.2, 0.25) is 0 Å². The van der Waals surface area contributed by atoms with Crippen molar-refractivity contribution in [2.24, 2.45) is 5.41 Å². The van der Waals surface area contributed by atoms with Crippen molar-refractivity contribution in [3.8, 4) is 0 Å². The van der Waals surface area contributed by atoms with Gasteiger partial charge in [0.15, 0.2) is 0 Å². The van der Waals surface area contributed by atoms with Crippen LogP contribution in [0.3, 0.4) is 0 Å². The summed E-state index contributed by atoms with van der Waals surface area (Å²) in [4.78, 5) is 24.5. The van der Waals surface area contributed by atoms with Crippen LogP contribution in [0.2, 0.25) is 0 Å². The lowest BCUT2D eigenvalue weighted by Gasteiger charge is -2.37. The van der Waals surface area contributed by atoms with E-state index in [0.717, 1.165) is 12.0 Å². The number of likely N-dealkylation sites (tertiary alicyclic amines) is 1. The molecule has 1 unspecified atom stereocenters. The molecule has 0 radical (unpaired) electrons. The van der Waals surface area contributed by atoms with Crippen molar-refractivity contribution in [1.29, 1.82) is 0 Å². The summed E-state index contributed by atoms with van der Waals surface area (Å²) >= 11 is 0. The van der Waals surface area contributed by atoms with Crippen LogP contribution in [0.4, 0.5) is 4.79 Å². The third-order valence-electron chi connectivity index (χ3n) is 3.04. The first-order valence-electron chi connectivity index (χ1n) is 5.76. The fourth-order valence-electron chi connectivity index (χ4n) is 1.93. The van der Waals surface area contributed by atoms with E-state index in [1.807, 2.05) is 6.92 Å². The molecule has 0 aromatic rings. The molecule has 2 amide bonds. The van der Waals surface area contributed by atoms with Gasteiger partial charge in [-0.25, -0.2) is 4.79 Å². The SMILES string of the molecule is C=C(C)CNC(=O)N1CCCC(C)(C(=O)O)C1. The zero-order chi connectivity index (χ0) is 13.1. The number of urea groups is 1. The number of carbonyl (C=O) groups is 2. The molecule has 2 N–H and O–H groups in total. The number of carboxylic acids is 1. The first kappa shape index (κ1) is 13.5. The van der Waals surface area contributed by atoms with E-state index in [9.17, 15) is 9.59 Å². The molecule has 1 aliphatic rings. The van der Waals surface area contributed by atoms with E-state index in [4.69, 9.17) is 5.11 Å². The second-order valence-electron chi connectivity index (χ2n) is 5.01. The van der Waals surface area contributed by atoms with Gasteiger partial charge < -0.3 is 15.3 Å². The lowest BCUT2D eigenvalue weighted by molar-refractivity contribution is -0.150. The highest BCUT2D eigenvalue weighted by Crippen LogP contribution is 2.29. The summed E-state index contributed by atoms with van der Waals surface area (Å²) in [7, 11) is 0. The zero-order valence-corrected chi connectivity index (χ0v) is 10.5. The molecular formula is C12H20N2O3. The Kier molecular flexibility index (Phi) is 4.15. The number of hydrogen-bond donors (Lipinski definition) is 2. The lowest BCUT2D eigenvalue weighted by Crippen LogP contribution is -2.51. The number of amides is 2. The molecule has 1 fully saturated rings. The van der Waals surface area contributed by atoms with Crippen LogP contribution in [0.1, 0.15) is 26.7 Å². The highest BCUT2D eigenvalue weighted by Gasteiger charge is 2.39. The molecule has 0 aromatic heterocycles. The molecule has 0 bridgehead atoms. The van der Waals surface area contributed by atoms with Gasteiger partial charge in [0.1, 0.15) is 0 Å². The van der Waals surface area contributed by atoms with Crippen LogP contribution >= 0.6 is 0 Å². The number of nitrogens with zero attached hydrogens (tertiary/aromatic N) is 1. The van der Waals surface area contributed by atoms with E-state index in [0.29, 0.717) is 19.5 Å². The summed E-state index contributed by atoms with van der Waals surface area (Å²) in [6.45, 7) is 8.53. The van der Waals surface area contributed by atoms with Crippen molar-refractivity contribution >= 4 is 12.0 Å². The third-order valence-corrected chi connectivity index (χ3v) is 3.04. The molecule has 1 rings (SSSR count). The topological polar surface area (TPSA) is 69.6 Å². The van der Waals surface area contributed by atoms with Gasteiger partial charge in [-0.3, -0.25) is 4.79 Å². The summed E-state index contributed by atoms with van der Waals surface area (Å²) < 4.78 is 0. The van der Waals surface area contributed by atoms with Crippen LogP contribution in [-0.2, 0) is 4.79 Å². The van der Waals surface area contributed by atoms with Crippen molar-refractivity contribution in [1.82, 2.24) is 10.2 Å². The minimum atomic E-state index is -0.838. The van der Waals surface area contributed by atoms with Crippen molar-refractivity contribution < 1.29 is 14.7 Å². The highest BCUT2D eigenvalue weighted by molar-refractivity contribution is 5.78. The van der Waals surface area contributed by atoms with Crippen LogP contribution in [0.25, 0.3) is 0 Å². The maximum atomic E-state index is 11.8. The molecule has 0 aromatic carbocycles. The van der Waals surface area contributed by atoms with Crippen molar-refractivity contribution in [2.45, 2.75) is 26.7 Å². The molecular weight excluding hydrogens is 220 g/mol. The highest BCUT2D eigenvalue weighted by atomic mass is 16.4. The second kappa shape index (κ2) is 5.21. The summed E-state index contributed by atoms with van der Waals surface area (Å²) in [6, 6.07) is -0.208. The summed E-state index contributed by atoms with van der Waals surface area (Å²) in [6.07, 6.45) is 1.34. The molecule has 5 nitrogen and oxygen atoms in total. The number of carboxylic acid groups (broad SMARTS) is 1. The van der Waals surface area contributed by atoms with Crippen molar-refractivity contribution in [3.05, 3.63) is 12.2 Å². The van der Waals surface area contributed by atoms with E-state index in [2.05, 4.69) is 11.9 Å². The quantitative estimate of drug-likeness (QED) is 0.734. The lowest BCUT2D eigenvalue weighted by atomic mass is 9.82. The number of aliphatic carboxylic acids is 1. The van der Waals surface area contributed by atoms with Gasteiger partial charge in [-0.1, -0.05) is 12.2 Å². The Bertz CT molecular complexity index is 341. The first-order chi connectivity index (χ1) is 7.85. The number of nitrogens with one attached hydrogen (secondary N) is 1. The zero-order valence-electron chi connectivity index (χ0n) is 10.5. The summed E-state index contributed by atoms with van der Waals surface area (Å²) in [5, 5.41) is 11.9. The van der Waals surface area contributed by atoms with Crippen LogP contribution in [0.5, 0.6) is 0 Å². The molecule has 1 heterocycles. The minimum Gasteiger partial charge on any atom is -0.481 e. The Morgan fingerprint density at radius 1 is 1.53 bits per heavy atom. The maximum Gasteiger partial charge on any atom is 0.317 e. The van der Waals surface area contributed by atoms with Crippen LogP contribution in [-0.4, -0.2) is 41.6 Å². The average Bonchev–Trinajstić information content (AvgIpc) is 2.25. The van der Waals surface area contributed by atoms with Gasteiger partial charge in [-0.05, 0) is 26.7 Å². The fraction of sp³-hybridized carbons (Fsp3) is 0.667. The normalized spacial score (nSPS) is 24.2. The molecule has 17 heavy (non-hydrogen) atoms. The van der Waals surface area contributed by atoms with Gasteiger partial charge in [-0.15, -0.1) is 0 Å². The van der Waals surface area contributed by atoms with E-state index >= 15 is 0 Å². The van der Waals surface area contributed by atoms with Gasteiger partial charge in [-0.2, -0.15) is 0 Å². The Morgan fingerprint density at radius 2 is 2.18 bits per heavy atom. The predicted octanol–water partition coefficient (Wildman–Crippen LogP) is 1.46. The van der Waals surface area contributed by atoms with Gasteiger partial charge in [0, 0.05) is 19.6 Å². The van der Waals surface area contributed by atoms with Crippen LogP contribution in [0.15, 0.2) is 12.2 Å². The first-order valence-corrected chi connectivity index (χ1v) is 5.76. The molecule has 1 saturated heterocycles. The maximum absolute atomic E-state index is 11.8. The van der Waals surface area contributed by atoms with Crippen LogP contribution in [0, 0.1) is 5.41 Å². The second-order valence-corrected chi connectivity index (χ2v) is 5.01. The van der Waals surface area contributed by atoms with Gasteiger partial charge in [0.05, 0.1) is 5.41 Å². The summed E-state index contributed by atoms with van der Waals surface area (Å²) in [5.74, 6) is -0.838. The standard InChI is InChI=1S/C12H20N2O3/c1-9(2)7-13-11(17)14-6-4-5-12(3,8-14)10(15)16/h1,4-8H2,2-3H3,(H,13,17)(H,15,16). The van der Waals surface area contributed by atoms with E-state index in [-0.39, 0.29) is 12.6 Å². The van der Waals surface area contributed by atoms with Crippen molar-refractivity contribution in [2.75, 3.05) is 19.6 Å². The van der Waals surface area contributed by atoms with E-state index in [1.165, 1.54) is 0 Å². The predicted molar refractivity (Wildman–Crippen MR) is 64.8 cm³/mol. The Morgan fingerprint density at radius 3 is 2.71 bits per heavy atom. The fourth-order valence-corrected chi connectivity index (χ4v) is 1.93. The molecule has 0 aliphatic carbocycles. The molecule has 1 aliphatic heterocycles. The largest absolute Gasteiger partial charge is 0.481 e. The van der Waals surface area contributed by atoms with Crippen molar-refractivity contribution in [3.63, 3.8) is 0 Å². The third kappa shape index (κ3) is 3.47. The molecule has 0 spiro atoms. The van der Waals surface area contributed by atoms with Gasteiger partial charge >= 0.3 is 12.0 Å². The molecule has 96 valence electrons. The molecule has 5 heteroatoms. The Labute approximate surface area is 101 Å². The van der Waals surface area contributed by atoms with Gasteiger partial charge in [0.25, 0.3) is 0 Å². The number of rotatable bonds is 3. The van der Waals surface area contributed by atoms with Crippen LogP contribution < -0.4 is 5.32 Å². The number of piperidine rings is 1. The average molecular weight is 240 g/mol. The Hall–Kier alpha value is -1.52. The van der Waals surface area contributed by atoms with E-state index in [1.54, 1.807) is 11.8 Å². The smallest absolute Gasteiger partial charge is 0.317 e. The minimum absolute atomic E-state index is 0.208. The summed E-state index contributed by atoms with van der Waals surface area (Å²) in [5.41, 5.74) is 0.0510.